The van der Waals surface area contributed by atoms with Gasteiger partial charge in [0.05, 0.1) is 42.7 Å². The number of fused-ring (bicyclic) bond motifs is 1. The van der Waals surface area contributed by atoms with Crippen molar-refractivity contribution < 1.29 is 9.47 Å². The molecule has 0 aliphatic carbocycles. The van der Waals surface area contributed by atoms with Crippen LogP contribution in [0.25, 0.3) is 33.4 Å². The highest BCUT2D eigenvalue weighted by Gasteiger charge is 2.10. The summed E-state index contributed by atoms with van der Waals surface area (Å²) < 4.78 is 11.3. The Morgan fingerprint density at radius 2 is 1.66 bits per heavy atom. The van der Waals surface area contributed by atoms with E-state index in [1.54, 1.807) is 0 Å². The molecule has 0 atom stereocenters. The molecular weight excluding hydrogens is 398 g/mol. The number of benzene rings is 3. The molecule has 5 rings (SSSR count). The fourth-order valence-electron chi connectivity index (χ4n) is 4.05. The van der Waals surface area contributed by atoms with Gasteiger partial charge in [-0.2, -0.15) is 0 Å². The van der Waals surface area contributed by atoms with E-state index in [9.17, 15) is 0 Å². The fraction of sp³-hybridized carbons (Fsp3) is 0.259. The molecule has 0 radical (unpaired) electrons. The van der Waals surface area contributed by atoms with Gasteiger partial charge in [0.15, 0.2) is 0 Å². The second kappa shape index (κ2) is 9.90. The summed E-state index contributed by atoms with van der Waals surface area (Å²) in [6.07, 6.45) is 2.86. The lowest BCUT2D eigenvalue weighted by Crippen LogP contribution is -2.37. The number of hydrogen-bond acceptors (Lipinski definition) is 5. The Morgan fingerprint density at radius 3 is 2.47 bits per heavy atom. The van der Waals surface area contributed by atoms with Gasteiger partial charge in [-0.15, -0.1) is 0 Å². The van der Waals surface area contributed by atoms with Gasteiger partial charge in [0.2, 0.25) is 0 Å². The first kappa shape index (κ1) is 20.6. The number of morpholine rings is 1. The van der Waals surface area contributed by atoms with E-state index in [1.807, 2.05) is 48.7 Å². The number of rotatable bonds is 7. The van der Waals surface area contributed by atoms with E-state index >= 15 is 0 Å². The molecule has 162 valence electrons. The first-order valence-electron chi connectivity index (χ1n) is 11.2. The molecule has 5 heteroatoms. The van der Waals surface area contributed by atoms with Crippen LogP contribution in [-0.4, -0.2) is 54.3 Å². The van der Waals surface area contributed by atoms with E-state index in [2.05, 4.69) is 40.2 Å². The van der Waals surface area contributed by atoms with Gasteiger partial charge in [-0.05, 0) is 42.3 Å². The Morgan fingerprint density at radius 1 is 0.844 bits per heavy atom. The minimum Gasteiger partial charge on any atom is -0.494 e. The van der Waals surface area contributed by atoms with Crippen molar-refractivity contribution in [3.63, 3.8) is 0 Å². The van der Waals surface area contributed by atoms with Gasteiger partial charge in [0.1, 0.15) is 5.75 Å². The third-order valence-corrected chi connectivity index (χ3v) is 5.80. The lowest BCUT2D eigenvalue weighted by Gasteiger charge is -2.26. The molecule has 1 aliphatic rings. The minimum atomic E-state index is 0.715. The zero-order chi connectivity index (χ0) is 21.6. The highest BCUT2D eigenvalue weighted by atomic mass is 16.5. The molecule has 0 bridgehead atoms. The molecule has 0 N–H and O–H groups in total. The highest BCUT2D eigenvalue weighted by Crippen LogP contribution is 2.28. The molecule has 0 unspecified atom stereocenters. The molecule has 1 aliphatic heterocycles. The van der Waals surface area contributed by atoms with Gasteiger partial charge < -0.3 is 9.47 Å². The maximum absolute atomic E-state index is 5.94. The summed E-state index contributed by atoms with van der Waals surface area (Å²) in [6.45, 7) is 5.49. The van der Waals surface area contributed by atoms with E-state index in [-0.39, 0.29) is 0 Å². The lowest BCUT2D eigenvalue weighted by atomic mass is 10.0. The monoisotopic (exact) mass is 425 g/mol. The summed E-state index contributed by atoms with van der Waals surface area (Å²) in [5, 5.41) is 0. The third kappa shape index (κ3) is 4.79. The van der Waals surface area contributed by atoms with Gasteiger partial charge in [-0.3, -0.25) is 9.88 Å². The summed E-state index contributed by atoms with van der Waals surface area (Å²) in [7, 11) is 0. The summed E-state index contributed by atoms with van der Waals surface area (Å²) in [4.78, 5) is 12.1. The van der Waals surface area contributed by atoms with Crippen LogP contribution in [0.1, 0.15) is 6.42 Å². The van der Waals surface area contributed by atoms with Crippen molar-refractivity contribution in [1.29, 1.82) is 0 Å². The van der Waals surface area contributed by atoms with Crippen LogP contribution in [0.5, 0.6) is 5.75 Å². The van der Waals surface area contributed by atoms with Crippen molar-refractivity contribution in [3.05, 3.63) is 79.0 Å². The van der Waals surface area contributed by atoms with Crippen molar-refractivity contribution in [3.8, 4) is 28.1 Å². The SMILES string of the molecule is c1ccc(-c2cccc3ncc(-c4ccc(OCCCN5CCOCC5)cc4)nc23)cc1. The quantitative estimate of drug-likeness (QED) is 0.387. The Labute approximate surface area is 188 Å². The van der Waals surface area contributed by atoms with Gasteiger partial charge >= 0.3 is 0 Å². The number of aromatic nitrogens is 2. The van der Waals surface area contributed by atoms with Crippen LogP contribution in [0.15, 0.2) is 79.0 Å². The third-order valence-electron chi connectivity index (χ3n) is 5.80. The van der Waals surface area contributed by atoms with E-state index in [1.165, 1.54) is 0 Å². The normalized spacial score (nSPS) is 14.5. The zero-order valence-corrected chi connectivity index (χ0v) is 18.1. The minimum absolute atomic E-state index is 0.715. The molecule has 0 saturated carbocycles. The average Bonchev–Trinajstić information content (AvgIpc) is 2.87. The average molecular weight is 426 g/mol. The second-order valence-electron chi connectivity index (χ2n) is 7.97. The molecule has 3 aromatic carbocycles. The fourth-order valence-corrected chi connectivity index (χ4v) is 4.05. The predicted molar refractivity (Wildman–Crippen MR) is 128 cm³/mol. The van der Waals surface area contributed by atoms with Gasteiger partial charge in [0.25, 0.3) is 0 Å². The van der Waals surface area contributed by atoms with E-state index in [4.69, 9.17) is 14.5 Å². The van der Waals surface area contributed by atoms with E-state index < -0.39 is 0 Å². The number of nitrogens with zero attached hydrogens (tertiary/aromatic N) is 3. The van der Waals surface area contributed by atoms with Crippen LogP contribution in [0.4, 0.5) is 0 Å². The summed E-state index contributed by atoms with van der Waals surface area (Å²) in [5.41, 5.74) is 5.95. The molecule has 1 saturated heterocycles. The smallest absolute Gasteiger partial charge is 0.119 e. The molecular formula is C27H27N3O2. The number of ether oxygens (including phenoxy) is 2. The van der Waals surface area contributed by atoms with Crippen molar-refractivity contribution in [2.75, 3.05) is 39.5 Å². The van der Waals surface area contributed by atoms with Crippen molar-refractivity contribution >= 4 is 11.0 Å². The van der Waals surface area contributed by atoms with E-state index in [0.717, 1.165) is 78.4 Å². The molecule has 2 heterocycles. The molecule has 0 amide bonds. The summed E-state index contributed by atoms with van der Waals surface area (Å²) in [6, 6.07) is 24.6. The van der Waals surface area contributed by atoms with Gasteiger partial charge in [0, 0.05) is 30.8 Å². The van der Waals surface area contributed by atoms with Crippen LogP contribution >= 0.6 is 0 Å². The van der Waals surface area contributed by atoms with Crippen molar-refractivity contribution in [1.82, 2.24) is 14.9 Å². The second-order valence-corrected chi connectivity index (χ2v) is 7.97. The molecule has 32 heavy (non-hydrogen) atoms. The Balaban J connectivity index is 1.28. The maximum atomic E-state index is 5.94. The number of hydrogen-bond donors (Lipinski definition) is 0. The Bertz CT molecular complexity index is 1160. The topological polar surface area (TPSA) is 47.5 Å². The first-order valence-corrected chi connectivity index (χ1v) is 11.2. The lowest BCUT2D eigenvalue weighted by molar-refractivity contribution is 0.0358. The van der Waals surface area contributed by atoms with Gasteiger partial charge in [-0.1, -0.05) is 42.5 Å². The van der Waals surface area contributed by atoms with Gasteiger partial charge in [-0.25, -0.2) is 4.98 Å². The summed E-state index contributed by atoms with van der Waals surface area (Å²) in [5.74, 6) is 0.884. The number of para-hydroxylation sites is 1. The standard InChI is InChI=1S/C27H27N3O2/c1-2-6-21(7-3-1)24-8-4-9-25-27(24)29-26(20-28-25)22-10-12-23(13-11-22)32-17-5-14-30-15-18-31-19-16-30/h1-4,6-13,20H,5,14-19H2. The van der Waals surface area contributed by atoms with Crippen molar-refractivity contribution in [2.24, 2.45) is 0 Å². The Hall–Kier alpha value is -3.28. The van der Waals surface area contributed by atoms with Crippen molar-refractivity contribution in [2.45, 2.75) is 6.42 Å². The molecule has 1 fully saturated rings. The molecule has 1 aromatic heterocycles. The van der Waals surface area contributed by atoms with Crippen LogP contribution < -0.4 is 4.74 Å². The van der Waals surface area contributed by atoms with Crippen LogP contribution in [0.2, 0.25) is 0 Å². The Kier molecular flexibility index (Phi) is 6.37. The first-order chi connectivity index (χ1) is 15.9. The largest absolute Gasteiger partial charge is 0.494 e. The molecule has 5 nitrogen and oxygen atoms in total. The highest BCUT2D eigenvalue weighted by molar-refractivity contribution is 5.92. The van der Waals surface area contributed by atoms with E-state index in [0.29, 0.717) is 6.61 Å². The molecule has 4 aromatic rings. The van der Waals surface area contributed by atoms with Crippen LogP contribution in [0.3, 0.4) is 0 Å². The van der Waals surface area contributed by atoms with Crippen LogP contribution in [-0.2, 0) is 4.74 Å². The zero-order valence-electron chi connectivity index (χ0n) is 18.1. The molecule has 0 spiro atoms. The maximum Gasteiger partial charge on any atom is 0.119 e. The summed E-state index contributed by atoms with van der Waals surface area (Å²) >= 11 is 0. The predicted octanol–water partition coefficient (Wildman–Crippen LogP) is 5.06. The van der Waals surface area contributed by atoms with Crippen LogP contribution in [0, 0.1) is 0 Å².